The predicted octanol–water partition coefficient (Wildman–Crippen LogP) is 3.13. The molecule has 0 amide bonds. The molecule has 0 spiro atoms. The van der Waals surface area contributed by atoms with Crippen molar-refractivity contribution < 1.29 is 5.11 Å². The van der Waals surface area contributed by atoms with Crippen LogP contribution in [0.3, 0.4) is 0 Å². The van der Waals surface area contributed by atoms with Gasteiger partial charge >= 0.3 is 0 Å². The van der Waals surface area contributed by atoms with E-state index in [4.69, 9.17) is 0 Å². The monoisotopic (exact) mass is 262 g/mol. The number of rotatable bonds is 6. The van der Waals surface area contributed by atoms with Crippen molar-refractivity contribution in [2.24, 2.45) is 0 Å². The van der Waals surface area contributed by atoms with Crippen molar-refractivity contribution >= 4 is 11.3 Å². The Hall–Kier alpha value is -1.39. The third-order valence-corrected chi connectivity index (χ3v) is 3.43. The van der Waals surface area contributed by atoms with Crippen molar-refractivity contribution in [2.45, 2.75) is 25.8 Å². The van der Waals surface area contributed by atoms with Gasteiger partial charge in [-0.25, -0.2) is 4.98 Å². The molecule has 0 fully saturated rings. The highest BCUT2D eigenvalue weighted by Gasteiger charge is 2.13. The number of nitrogens with zero attached hydrogens (tertiary/aromatic N) is 1. The average molecular weight is 262 g/mol. The standard InChI is InChI=1S/C14H18N2OS/c1-2-7-15-13(14-9-18-10-16-14)8-11-3-5-12(17)6-4-11/h3-6,9-10,13,15,17H,2,7-8H2,1H3. The van der Waals surface area contributed by atoms with Crippen LogP contribution < -0.4 is 5.32 Å². The summed E-state index contributed by atoms with van der Waals surface area (Å²) in [6.07, 6.45) is 2.00. The minimum atomic E-state index is 0.251. The first kappa shape index (κ1) is 13.1. The zero-order chi connectivity index (χ0) is 12.8. The molecule has 0 saturated heterocycles. The van der Waals surface area contributed by atoms with Gasteiger partial charge in [-0.15, -0.1) is 11.3 Å². The Morgan fingerprint density at radius 3 is 2.72 bits per heavy atom. The first-order chi connectivity index (χ1) is 8.79. The van der Waals surface area contributed by atoms with Crippen LogP contribution in [0.5, 0.6) is 5.75 Å². The van der Waals surface area contributed by atoms with Crippen LogP contribution in [0.4, 0.5) is 0 Å². The van der Waals surface area contributed by atoms with Gasteiger partial charge in [0, 0.05) is 5.38 Å². The molecule has 96 valence electrons. The van der Waals surface area contributed by atoms with Gasteiger partial charge in [-0.3, -0.25) is 0 Å². The van der Waals surface area contributed by atoms with Gasteiger partial charge in [-0.1, -0.05) is 19.1 Å². The van der Waals surface area contributed by atoms with E-state index in [0.717, 1.165) is 25.1 Å². The molecule has 0 aliphatic heterocycles. The van der Waals surface area contributed by atoms with Crippen molar-refractivity contribution in [1.82, 2.24) is 10.3 Å². The van der Waals surface area contributed by atoms with E-state index in [2.05, 4.69) is 22.6 Å². The number of thiazole rings is 1. The summed E-state index contributed by atoms with van der Waals surface area (Å²) < 4.78 is 0. The first-order valence-electron chi connectivity index (χ1n) is 6.19. The van der Waals surface area contributed by atoms with E-state index in [9.17, 15) is 5.11 Å². The maximum Gasteiger partial charge on any atom is 0.115 e. The van der Waals surface area contributed by atoms with Crippen LogP contribution in [0.15, 0.2) is 35.2 Å². The quantitative estimate of drug-likeness (QED) is 0.840. The van der Waals surface area contributed by atoms with Gasteiger partial charge in [0.15, 0.2) is 0 Å². The molecule has 1 aromatic carbocycles. The van der Waals surface area contributed by atoms with Crippen LogP contribution in [0, 0.1) is 0 Å². The summed E-state index contributed by atoms with van der Waals surface area (Å²) in [5.41, 5.74) is 4.17. The predicted molar refractivity (Wildman–Crippen MR) is 75.0 cm³/mol. The topological polar surface area (TPSA) is 45.1 Å². The van der Waals surface area contributed by atoms with E-state index in [1.54, 1.807) is 23.5 Å². The summed E-state index contributed by atoms with van der Waals surface area (Å²) in [7, 11) is 0. The van der Waals surface area contributed by atoms with Crippen LogP contribution in [-0.2, 0) is 6.42 Å². The number of benzene rings is 1. The second kappa shape index (κ2) is 6.52. The highest BCUT2D eigenvalue weighted by Crippen LogP contribution is 2.20. The maximum atomic E-state index is 9.29. The van der Waals surface area contributed by atoms with Crippen LogP contribution in [0.25, 0.3) is 0 Å². The molecule has 2 N–H and O–H groups in total. The molecular formula is C14H18N2OS. The summed E-state index contributed by atoms with van der Waals surface area (Å²) in [5.74, 6) is 0.311. The average Bonchev–Trinajstić information content (AvgIpc) is 2.90. The minimum absolute atomic E-state index is 0.251. The Balaban J connectivity index is 2.07. The molecule has 0 aliphatic carbocycles. The van der Waals surface area contributed by atoms with E-state index in [1.807, 2.05) is 17.6 Å². The SMILES string of the molecule is CCCNC(Cc1ccc(O)cc1)c1cscn1. The maximum absolute atomic E-state index is 9.29. The summed E-state index contributed by atoms with van der Waals surface area (Å²) in [5, 5.41) is 14.9. The van der Waals surface area contributed by atoms with Crippen LogP contribution in [-0.4, -0.2) is 16.6 Å². The Kier molecular flexibility index (Phi) is 4.73. The Morgan fingerprint density at radius 1 is 1.33 bits per heavy atom. The molecule has 1 atom stereocenters. The van der Waals surface area contributed by atoms with Crippen LogP contribution in [0.2, 0.25) is 0 Å². The summed E-state index contributed by atoms with van der Waals surface area (Å²) >= 11 is 1.62. The first-order valence-corrected chi connectivity index (χ1v) is 7.13. The number of aromatic nitrogens is 1. The number of hydrogen-bond donors (Lipinski definition) is 2. The Morgan fingerprint density at radius 2 is 2.11 bits per heavy atom. The van der Waals surface area contributed by atoms with Crippen LogP contribution in [0.1, 0.15) is 30.6 Å². The van der Waals surface area contributed by atoms with Crippen molar-refractivity contribution in [1.29, 1.82) is 0 Å². The van der Waals surface area contributed by atoms with E-state index in [1.165, 1.54) is 5.56 Å². The lowest BCUT2D eigenvalue weighted by molar-refractivity contribution is 0.474. The van der Waals surface area contributed by atoms with Gasteiger partial charge in [0.25, 0.3) is 0 Å². The van der Waals surface area contributed by atoms with Gasteiger partial charge in [-0.2, -0.15) is 0 Å². The molecule has 0 aliphatic rings. The van der Waals surface area contributed by atoms with Gasteiger partial charge in [-0.05, 0) is 37.1 Å². The smallest absolute Gasteiger partial charge is 0.115 e. The second-order valence-corrected chi connectivity index (χ2v) is 5.01. The van der Waals surface area contributed by atoms with E-state index >= 15 is 0 Å². The summed E-state index contributed by atoms with van der Waals surface area (Å²) in [4.78, 5) is 4.39. The molecule has 1 unspecified atom stereocenters. The highest BCUT2D eigenvalue weighted by atomic mass is 32.1. The fraction of sp³-hybridized carbons (Fsp3) is 0.357. The van der Waals surface area contributed by atoms with Gasteiger partial charge in [0.1, 0.15) is 5.75 Å². The highest BCUT2D eigenvalue weighted by molar-refractivity contribution is 7.07. The fourth-order valence-electron chi connectivity index (χ4n) is 1.86. The zero-order valence-electron chi connectivity index (χ0n) is 10.5. The number of nitrogens with one attached hydrogen (secondary N) is 1. The number of aromatic hydroxyl groups is 1. The molecule has 0 radical (unpaired) electrons. The molecule has 1 heterocycles. The lowest BCUT2D eigenvalue weighted by atomic mass is 10.0. The summed E-state index contributed by atoms with van der Waals surface area (Å²) in [6.45, 7) is 3.14. The van der Waals surface area contributed by atoms with Gasteiger partial charge in [0.05, 0.1) is 17.2 Å². The van der Waals surface area contributed by atoms with Crippen molar-refractivity contribution in [2.75, 3.05) is 6.54 Å². The normalized spacial score (nSPS) is 12.5. The molecule has 0 bridgehead atoms. The lowest BCUT2D eigenvalue weighted by Gasteiger charge is -2.16. The second-order valence-electron chi connectivity index (χ2n) is 4.29. The third-order valence-electron chi connectivity index (χ3n) is 2.83. The molecular weight excluding hydrogens is 244 g/mol. The molecule has 1 aromatic heterocycles. The van der Waals surface area contributed by atoms with Gasteiger partial charge in [0.2, 0.25) is 0 Å². The fourth-order valence-corrected chi connectivity index (χ4v) is 2.47. The molecule has 3 nitrogen and oxygen atoms in total. The number of phenolic OH excluding ortho intramolecular Hbond substituents is 1. The van der Waals surface area contributed by atoms with Crippen molar-refractivity contribution in [3.8, 4) is 5.75 Å². The van der Waals surface area contributed by atoms with E-state index < -0.39 is 0 Å². The molecule has 0 saturated carbocycles. The van der Waals surface area contributed by atoms with Gasteiger partial charge < -0.3 is 10.4 Å². The minimum Gasteiger partial charge on any atom is -0.508 e. The third kappa shape index (κ3) is 3.55. The Labute approximate surface area is 112 Å². The number of hydrogen-bond acceptors (Lipinski definition) is 4. The lowest BCUT2D eigenvalue weighted by Crippen LogP contribution is -2.24. The van der Waals surface area contributed by atoms with E-state index in [-0.39, 0.29) is 6.04 Å². The Bertz CT molecular complexity index is 453. The molecule has 18 heavy (non-hydrogen) atoms. The van der Waals surface area contributed by atoms with Crippen molar-refractivity contribution in [3.05, 3.63) is 46.4 Å². The largest absolute Gasteiger partial charge is 0.508 e. The summed E-state index contributed by atoms with van der Waals surface area (Å²) in [6, 6.07) is 7.63. The van der Waals surface area contributed by atoms with Crippen LogP contribution >= 0.6 is 11.3 Å². The molecule has 4 heteroatoms. The molecule has 2 aromatic rings. The number of phenols is 1. The van der Waals surface area contributed by atoms with E-state index in [0.29, 0.717) is 5.75 Å². The molecule has 2 rings (SSSR count). The van der Waals surface area contributed by atoms with Crippen molar-refractivity contribution in [3.63, 3.8) is 0 Å². The zero-order valence-corrected chi connectivity index (χ0v) is 11.3.